The molecule has 1 aromatic carbocycles. The number of carbonyl (C=O) groups excluding carboxylic acids is 1. The zero-order valence-electron chi connectivity index (χ0n) is 10.4. The Hall–Kier alpha value is -2.30. The molecule has 0 saturated carbocycles. The summed E-state index contributed by atoms with van der Waals surface area (Å²) < 4.78 is 6.46. The molecule has 0 atom stereocenters. The van der Waals surface area contributed by atoms with E-state index in [9.17, 15) is 4.79 Å². The Balaban J connectivity index is 1.98. The fraction of sp³-hybridized carbons (Fsp3) is 0.231. The van der Waals surface area contributed by atoms with E-state index in [1.165, 1.54) is 7.11 Å². The first-order valence-electron chi connectivity index (χ1n) is 5.60. The fourth-order valence-electron chi connectivity index (χ4n) is 1.61. The van der Waals surface area contributed by atoms with Gasteiger partial charge >= 0.3 is 5.97 Å². The molecule has 0 spiro atoms. The van der Waals surface area contributed by atoms with Gasteiger partial charge in [-0.15, -0.1) is 0 Å². The SMILES string of the molecule is COC(=O)c1ccc(NCc2ccnn2C)cc1. The minimum atomic E-state index is -0.326. The zero-order chi connectivity index (χ0) is 13.0. The topological polar surface area (TPSA) is 56.1 Å². The molecule has 0 radical (unpaired) electrons. The highest BCUT2D eigenvalue weighted by Crippen LogP contribution is 2.11. The number of hydrogen-bond donors (Lipinski definition) is 1. The van der Waals surface area contributed by atoms with Crippen molar-refractivity contribution in [1.29, 1.82) is 0 Å². The van der Waals surface area contributed by atoms with Crippen LogP contribution in [0.3, 0.4) is 0 Å². The summed E-state index contributed by atoms with van der Waals surface area (Å²) in [5.74, 6) is -0.326. The Bertz CT molecular complexity index is 531. The second kappa shape index (κ2) is 5.35. The van der Waals surface area contributed by atoms with Crippen LogP contribution in [0.2, 0.25) is 0 Å². The molecule has 2 aromatic rings. The normalized spacial score (nSPS) is 10.1. The van der Waals surface area contributed by atoms with Crippen LogP contribution >= 0.6 is 0 Å². The van der Waals surface area contributed by atoms with E-state index in [0.29, 0.717) is 12.1 Å². The van der Waals surface area contributed by atoms with Crippen molar-refractivity contribution in [3.05, 3.63) is 47.8 Å². The number of ether oxygens (including phenoxy) is 1. The van der Waals surface area contributed by atoms with Crippen LogP contribution < -0.4 is 5.32 Å². The van der Waals surface area contributed by atoms with Crippen LogP contribution in [0, 0.1) is 0 Å². The molecule has 2 rings (SSSR count). The smallest absolute Gasteiger partial charge is 0.337 e. The molecule has 0 aliphatic heterocycles. The number of benzene rings is 1. The van der Waals surface area contributed by atoms with Crippen molar-refractivity contribution >= 4 is 11.7 Å². The summed E-state index contributed by atoms with van der Waals surface area (Å²) in [5.41, 5.74) is 2.58. The maximum absolute atomic E-state index is 11.3. The number of methoxy groups -OCH3 is 1. The lowest BCUT2D eigenvalue weighted by molar-refractivity contribution is 0.0601. The molecule has 0 bridgehead atoms. The standard InChI is InChI=1S/C13H15N3O2/c1-16-12(7-8-15-16)9-14-11-5-3-10(4-6-11)13(17)18-2/h3-8,14H,9H2,1-2H3. The maximum Gasteiger partial charge on any atom is 0.337 e. The van der Waals surface area contributed by atoms with Gasteiger partial charge in [-0.05, 0) is 30.3 Å². The molecule has 5 heteroatoms. The molecule has 18 heavy (non-hydrogen) atoms. The van der Waals surface area contributed by atoms with Crippen molar-refractivity contribution in [3.63, 3.8) is 0 Å². The highest BCUT2D eigenvalue weighted by Gasteiger charge is 2.04. The number of aromatic nitrogens is 2. The van der Waals surface area contributed by atoms with E-state index in [1.807, 2.05) is 29.9 Å². The van der Waals surface area contributed by atoms with Gasteiger partial charge in [0.2, 0.25) is 0 Å². The molecular formula is C13H15N3O2. The van der Waals surface area contributed by atoms with Crippen LogP contribution in [-0.4, -0.2) is 22.9 Å². The summed E-state index contributed by atoms with van der Waals surface area (Å²) in [5, 5.41) is 7.35. The lowest BCUT2D eigenvalue weighted by atomic mass is 10.2. The highest BCUT2D eigenvalue weighted by molar-refractivity contribution is 5.89. The molecule has 1 N–H and O–H groups in total. The number of rotatable bonds is 4. The largest absolute Gasteiger partial charge is 0.465 e. The van der Waals surface area contributed by atoms with Crippen LogP contribution in [0.4, 0.5) is 5.69 Å². The molecule has 0 unspecified atom stereocenters. The van der Waals surface area contributed by atoms with E-state index in [2.05, 4.69) is 15.2 Å². The molecule has 0 saturated heterocycles. The second-order valence-electron chi connectivity index (χ2n) is 3.87. The third kappa shape index (κ3) is 2.68. The summed E-state index contributed by atoms with van der Waals surface area (Å²) in [6, 6.07) is 9.12. The first-order valence-corrected chi connectivity index (χ1v) is 5.60. The van der Waals surface area contributed by atoms with Crippen molar-refractivity contribution in [2.24, 2.45) is 7.05 Å². The van der Waals surface area contributed by atoms with Crippen LogP contribution in [0.25, 0.3) is 0 Å². The number of nitrogens with one attached hydrogen (secondary N) is 1. The predicted molar refractivity (Wildman–Crippen MR) is 68.3 cm³/mol. The fourth-order valence-corrected chi connectivity index (χ4v) is 1.61. The average molecular weight is 245 g/mol. The average Bonchev–Trinajstić information content (AvgIpc) is 2.81. The molecule has 5 nitrogen and oxygen atoms in total. The van der Waals surface area contributed by atoms with Gasteiger partial charge < -0.3 is 10.1 Å². The van der Waals surface area contributed by atoms with Gasteiger partial charge in [-0.25, -0.2) is 4.79 Å². The Morgan fingerprint density at radius 3 is 2.61 bits per heavy atom. The number of hydrogen-bond acceptors (Lipinski definition) is 4. The van der Waals surface area contributed by atoms with Gasteiger partial charge in [0, 0.05) is 18.9 Å². The Morgan fingerprint density at radius 2 is 2.06 bits per heavy atom. The lowest BCUT2D eigenvalue weighted by Gasteiger charge is -2.07. The third-order valence-corrected chi connectivity index (χ3v) is 2.70. The van der Waals surface area contributed by atoms with Gasteiger partial charge in [-0.1, -0.05) is 0 Å². The summed E-state index contributed by atoms with van der Waals surface area (Å²) in [6.45, 7) is 0.689. The van der Waals surface area contributed by atoms with Crippen molar-refractivity contribution < 1.29 is 9.53 Å². The molecule has 0 aliphatic rings. The summed E-state index contributed by atoms with van der Waals surface area (Å²) in [6.07, 6.45) is 1.76. The zero-order valence-corrected chi connectivity index (χ0v) is 10.4. The van der Waals surface area contributed by atoms with Gasteiger partial charge in [0.05, 0.1) is 24.9 Å². The van der Waals surface area contributed by atoms with Crippen molar-refractivity contribution in [3.8, 4) is 0 Å². The van der Waals surface area contributed by atoms with Gasteiger partial charge in [0.1, 0.15) is 0 Å². The summed E-state index contributed by atoms with van der Waals surface area (Å²) >= 11 is 0. The van der Waals surface area contributed by atoms with Crippen LogP contribution in [0.15, 0.2) is 36.5 Å². The van der Waals surface area contributed by atoms with Gasteiger partial charge in [0.25, 0.3) is 0 Å². The van der Waals surface area contributed by atoms with E-state index in [0.717, 1.165) is 11.4 Å². The summed E-state index contributed by atoms with van der Waals surface area (Å²) in [7, 11) is 3.27. The van der Waals surface area contributed by atoms with E-state index >= 15 is 0 Å². The maximum atomic E-state index is 11.3. The molecule has 94 valence electrons. The quantitative estimate of drug-likeness (QED) is 0.835. The molecule has 1 heterocycles. The predicted octanol–water partition coefficient (Wildman–Crippen LogP) is 1.82. The Kier molecular flexibility index (Phi) is 3.62. The minimum absolute atomic E-state index is 0.326. The van der Waals surface area contributed by atoms with Gasteiger partial charge in [-0.2, -0.15) is 5.10 Å². The molecule has 0 fully saturated rings. The number of anilines is 1. The van der Waals surface area contributed by atoms with Crippen molar-refractivity contribution in [1.82, 2.24) is 9.78 Å². The Morgan fingerprint density at radius 1 is 1.33 bits per heavy atom. The van der Waals surface area contributed by atoms with E-state index in [4.69, 9.17) is 0 Å². The van der Waals surface area contributed by atoms with Gasteiger partial charge in [-0.3, -0.25) is 4.68 Å². The number of esters is 1. The van der Waals surface area contributed by atoms with E-state index < -0.39 is 0 Å². The monoisotopic (exact) mass is 245 g/mol. The van der Waals surface area contributed by atoms with E-state index in [-0.39, 0.29) is 5.97 Å². The Labute approximate surface area is 105 Å². The van der Waals surface area contributed by atoms with Crippen LogP contribution in [0.5, 0.6) is 0 Å². The number of aryl methyl sites for hydroxylation is 1. The van der Waals surface area contributed by atoms with E-state index in [1.54, 1.807) is 18.3 Å². The molecular weight excluding hydrogens is 230 g/mol. The summed E-state index contributed by atoms with van der Waals surface area (Å²) in [4.78, 5) is 11.3. The third-order valence-electron chi connectivity index (χ3n) is 2.70. The lowest BCUT2D eigenvalue weighted by Crippen LogP contribution is -2.06. The van der Waals surface area contributed by atoms with Crippen molar-refractivity contribution in [2.75, 3.05) is 12.4 Å². The second-order valence-corrected chi connectivity index (χ2v) is 3.87. The highest BCUT2D eigenvalue weighted by atomic mass is 16.5. The molecule has 0 amide bonds. The number of nitrogens with zero attached hydrogens (tertiary/aromatic N) is 2. The first-order chi connectivity index (χ1) is 8.70. The minimum Gasteiger partial charge on any atom is -0.465 e. The van der Waals surface area contributed by atoms with Crippen LogP contribution in [0.1, 0.15) is 16.1 Å². The first kappa shape index (κ1) is 12.2. The van der Waals surface area contributed by atoms with Crippen molar-refractivity contribution in [2.45, 2.75) is 6.54 Å². The van der Waals surface area contributed by atoms with Gasteiger partial charge in [0.15, 0.2) is 0 Å². The van der Waals surface area contributed by atoms with Crippen LogP contribution in [-0.2, 0) is 18.3 Å². The molecule has 0 aliphatic carbocycles. The molecule has 1 aromatic heterocycles. The number of carbonyl (C=O) groups is 1.